The summed E-state index contributed by atoms with van der Waals surface area (Å²) >= 11 is 0. The summed E-state index contributed by atoms with van der Waals surface area (Å²) in [6, 6.07) is 8.50. The van der Waals surface area contributed by atoms with E-state index < -0.39 is 6.61 Å². The second-order valence-electron chi connectivity index (χ2n) is 5.23. The largest absolute Gasteiger partial charge is 0.435 e. The Labute approximate surface area is 162 Å². The average Bonchev–Trinajstić information content (AvgIpc) is 2.95. The van der Waals surface area contributed by atoms with Crippen molar-refractivity contribution in [2.45, 2.75) is 19.7 Å². The Bertz CT molecular complexity index is 675. The highest BCUT2D eigenvalue weighted by atomic mass is 127. The second kappa shape index (κ2) is 10.2. The van der Waals surface area contributed by atoms with E-state index in [9.17, 15) is 8.78 Å². The lowest BCUT2D eigenvalue weighted by Gasteiger charge is -2.22. The van der Waals surface area contributed by atoms with Gasteiger partial charge in [-0.1, -0.05) is 12.1 Å². The van der Waals surface area contributed by atoms with E-state index in [0.29, 0.717) is 13.1 Å². The fourth-order valence-corrected chi connectivity index (χ4v) is 2.25. The van der Waals surface area contributed by atoms with Gasteiger partial charge in [-0.3, -0.25) is 9.67 Å². The summed E-state index contributed by atoms with van der Waals surface area (Å²) in [4.78, 5) is 6.19. The van der Waals surface area contributed by atoms with Gasteiger partial charge in [0.2, 0.25) is 0 Å². The number of ether oxygens (including phenoxy) is 1. The van der Waals surface area contributed by atoms with Crippen molar-refractivity contribution >= 4 is 29.9 Å². The van der Waals surface area contributed by atoms with Crippen LogP contribution in [0.25, 0.3) is 0 Å². The Morgan fingerprint density at radius 1 is 1.32 bits per heavy atom. The molecule has 6 nitrogen and oxygen atoms in total. The zero-order valence-electron chi connectivity index (χ0n) is 14.3. The van der Waals surface area contributed by atoms with Gasteiger partial charge in [0.05, 0.1) is 12.2 Å². The summed E-state index contributed by atoms with van der Waals surface area (Å²) in [5.74, 6) is 0.874. The molecule has 0 radical (unpaired) electrons. The number of alkyl halides is 2. The first-order valence-corrected chi connectivity index (χ1v) is 7.42. The van der Waals surface area contributed by atoms with Crippen LogP contribution in [0.1, 0.15) is 11.3 Å². The van der Waals surface area contributed by atoms with E-state index in [1.165, 1.54) is 12.1 Å². The van der Waals surface area contributed by atoms with Crippen LogP contribution in [0.15, 0.2) is 41.5 Å². The maximum atomic E-state index is 12.2. The molecular formula is C16H22F2IN5O. The number of rotatable bonds is 6. The first-order chi connectivity index (χ1) is 11.5. The fourth-order valence-electron chi connectivity index (χ4n) is 2.25. The van der Waals surface area contributed by atoms with E-state index in [2.05, 4.69) is 20.1 Å². The first-order valence-electron chi connectivity index (χ1n) is 7.42. The summed E-state index contributed by atoms with van der Waals surface area (Å²) in [6.45, 7) is -1.62. The molecule has 2 rings (SSSR count). The SMILES string of the molecule is CN=C(NCc1ccnn1C)N(C)Cc1ccc(OC(F)F)cc1.I. The monoisotopic (exact) mass is 465 g/mol. The minimum atomic E-state index is -2.81. The Balaban J connectivity index is 0.00000312. The van der Waals surface area contributed by atoms with Crippen LogP contribution in [-0.4, -0.2) is 41.3 Å². The third-order valence-corrected chi connectivity index (χ3v) is 3.49. The topological polar surface area (TPSA) is 54.7 Å². The molecule has 0 unspecified atom stereocenters. The number of guanidine groups is 1. The number of nitrogens with one attached hydrogen (secondary N) is 1. The molecule has 1 aromatic carbocycles. The Morgan fingerprint density at radius 3 is 2.52 bits per heavy atom. The van der Waals surface area contributed by atoms with E-state index in [4.69, 9.17) is 0 Å². The molecule has 0 bridgehead atoms. The van der Waals surface area contributed by atoms with Crippen LogP contribution >= 0.6 is 24.0 Å². The van der Waals surface area contributed by atoms with Crippen molar-refractivity contribution in [1.82, 2.24) is 20.0 Å². The molecule has 0 spiro atoms. The molecule has 1 aromatic heterocycles. The maximum Gasteiger partial charge on any atom is 0.387 e. The van der Waals surface area contributed by atoms with Gasteiger partial charge in [-0.2, -0.15) is 13.9 Å². The van der Waals surface area contributed by atoms with Crippen LogP contribution in [0.4, 0.5) is 8.78 Å². The van der Waals surface area contributed by atoms with Crippen molar-refractivity contribution in [1.29, 1.82) is 0 Å². The van der Waals surface area contributed by atoms with Crippen LogP contribution in [-0.2, 0) is 20.1 Å². The normalized spacial score (nSPS) is 11.2. The highest BCUT2D eigenvalue weighted by Gasteiger charge is 2.09. The highest BCUT2D eigenvalue weighted by Crippen LogP contribution is 2.15. The minimum absolute atomic E-state index is 0. The predicted molar refractivity (Wildman–Crippen MR) is 103 cm³/mol. The summed E-state index contributed by atoms with van der Waals surface area (Å²) in [6.07, 6.45) is 1.74. The molecule has 138 valence electrons. The lowest BCUT2D eigenvalue weighted by Crippen LogP contribution is -2.38. The number of aromatic nitrogens is 2. The lowest BCUT2D eigenvalue weighted by molar-refractivity contribution is -0.0498. The van der Waals surface area contributed by atoms with E-state index >= 15 is 0 Å². The van der Waals surface area contributed by atoms with E-state index in [-0.39, 0.29) is 29.7 Å². The molecule has 0 aliphatic heterocycles. The standard InChI is InChI=1S/C16H21F2N5O.HI/c1-19-16(20-10-13-8-9-21-23(13)3)22(2)11-12-4-6-14(7-5-12)24-15(17)18;/h4-9,15H,10-11H2,1-3H3,(H,19,20);1H. The number of halogens is 3. The summed E-state index contributed by atoms with van der Waals surface area (Å²) in [5, 5.41) is 7.38. The number of aliphatic imine (C=N–C) groups is 1. The van der Waals surface area contributed by atoms with Crippen LogP contribution in [0.2, 0.25) is 0 Å². The Kier molecular flexibility index (Phi) is 8.59. The van der Waals surface area contributed by atoms with Crippen molar-refractivity contribution < 1.29 is 13.5 Å². The number of aryl methyl sites for hydroxylation is 1. The smallest absolute Gasteiger partial charge is 0.387 e. The van der Waals surface area contributed by atoms with Crippen LogP contribution < -0.4 is 10.1 Å². The molecule has 0 aliphatic rings. The number of hydrogen-bond donors (Lipinski definition) is 1. The van der Waals surface area contributed by atoms with Crippen LogP contribution in [0.5, 0.6) is 5.75 Å². The molecule has 0 saturated carbocycles. The van der Waals surface area contributed by atoms with Crippen molar-refractivity contribution in [3.05, 3.63) is 47.8 Å². The third-order valence-electron chi connectivity index (χ3n) is 3.49. The van der Waals surface area contributed by atoms with Gasteiger partial charge in [-0.15, -0.1) is 24.0 Å². The Morgan fingerprint density at radius 2 is 2.00 bits per heavy atom. The summed E-state index contributed by atoms with van der Waals surface area (Å²) in [7, 11) is 5.50. The predicted octanol–water partition coefficient (Wildman–Crippen LogP) is 2.85. The molecular weight excluding hydrogens is 443 g/mol. The van der Waals surface area contributed by atoms with Gasteiger partial charge in [0.15, 0.2) is 5.96 Å². The number of nitrogens with zero attached hydrogens (tertiary/aromatic N) is 4. The highest BCUT2D eigenvalue weighted by molar-refractivity contribution is 14.0. The van der Waals surface area contributed by atoms with E-state index in [1.807, 2.05) is 25.1 Å². The van der Waals surface area contributed by atoms with Crippen molar-refractivity contribution in [2.24, 2.45) is 12.0 Å². The summed E-state index contributed by atoms with van der Waals surface area (Å²) < 4.78 is 30.4. The zero-order valence-corrected chi connectivity index (χ0v) is 16.6. The van der Waals surface area contributed by atoms with Gasteiger partial charge in [0.1, 0.15) is 5.75 Å². The van der Waals surface area contributed by atoms with Crippen molar-refractivity contribution in [3.63, 3.8) is 0 Å². The maximum absolute atomic E-state index is 12.2. The van der Waals surface area contributed by atoms with Crippen LogP contribution in [0, 0.1) is 0 Å². The lowest BCUT2D eigenvalue weighted by atomic mass is 10.2. The van der Waals surface area contributed by atoms with E-state index in [0.717, 1.165) is 17.2 Å². The molecule has 25 heavy (non-hydrogen) atoms. The number of benzene rings is 1. The second-order valence-corrected chi connectivity index (χ2v) is 5.23. The van der Waals surface area contributed by atoms with Crippen molar-refractivity contribution in [3.8, 4) is 5.75 Å². The van der Waals surface area contributed by atoms with Gasteiger partial charge in [-0.25, -0.2) is 0 Å². The van der Waals surface area contributed by atoms with Gasteiger partial charge in [0, 0.05) is 33.9 Å². The molecule has 1 N–H and O–H groups in total. The average molecular weight is 465 g/mol. The molecule has 2 aromatic rings. The number of hydrogen-bond acceptors (Lipinski definition) is 3. The molecule has 0 atom stereocenters. The van der Waals surface area contributed by atoms with E-state index in [1.54, 1.807) is 30.1 Å². The quantitative estimate of drug-likeness (QED) is 0.405. The van der Waals surface area contributed by atoms with Gasteiger partial charge in [-0.05, 0) is 23.8 Å². The van der Waals surface area contributed by atoms with Gasteiger partial charge in [0.25, 0.3) is 0 Å². The Hall–Kier alpha value is -1.91. The third kappa shape index (κ3) is 6.48. The first kappa shape index (κ1) is 21.1. The molecule has 1 heterocycles. The molecule has 0 fully saturated rings. The van der Waals surface area contributed by atoms with Gasteiger partial charge < -0.3 is 15.0 Å². The van der Waals surface area contributed by atoms with Crippen LogP contribution in [0.3, 0.4) is 0 Å². The minimum Gasteiger partial charge on any atom is -0.435 e. The molecule has 0 amide bonds. The molecule has 0 saturated heterocycles. The molecule has 0 aliphatic carbocycles. The van der Waals surface area contributed by atoms with Crippen molar-refractivity contribution in [2.75, 3.05) is 14.1 Å². The fraction of sp³-hybridized carbons (Fsp3) is 0.375. The zero-order chi connectivity index (χ0) is 17.5. The van der Waals surface area contributed by atoms with Gasteiger partial charge >= 0.3 is 6.61 Å². The summed E-state index contributed by atoms with van der Waals surface area (Å²) in [5.41, 5.74) is 2.00. The molecule has 9 heteroatoms.